The first-order valence-corrected chi connectivity index (χ1v) is 6.39. The lowest BCUT2D eigenvalue weighted by atomic mass is 10.2. The molecule has 0 unspecified atom stereocenters. The predicted octanol–water partition coefficient (Wildman–Crippen LogP) is 3.76. The van der Waals surface area contributed by atoms with Crippen LogP contribution in [0.15, 0.2) is 40.9 Å². The fourth-order valence-corrected chi connectivity index (χ4v) is 2.13. The van der Waals surface area contributed by atoms with Crippen LogP contribution in [0.3, 0.4) is 0 Å². The summed E-state index contributed by atoms with van der Waals surface area (Å²) in [5, 5.41) is 0. The van der Waals surface area contributed by atoms with Crippen LogP contribution in [0, 0.1) is 5.82 Å². The van der Waals surface area contributed by atoms with Crippen LogP contribution in [-0.4, -0.2) is 7.11 Å². The van der Waals surface area contributed by atoms with E-state index in [1.807, 2.05) is 0 Å². The van der Waals surface area contributed by atoms with Gasteiger partial charge in [0.2, 0.25) is 0 Å². The summed E-state index contributed by atoms with van der Waals surface area (Å²) >= 11 is 3.21. The Balaban J connectivity index is 2.16. The molecule has 0 aliphatic carbocycles. The number of ether oxygens (including phenoxy) is 2. The molecule has 19 heavy (non-hydrogen) atoms. The van der Waals surface area contributed by atoms with Crippen LogP contribution in [0.5, 0.6) is 11.5 Å². The number of benzene rings is 2. The first-order chi connectivity index (χ1) is 9.08. The van der Waals surface area contributed by atoms with Crippen molar-refractivity contribution in [2.45, 2.75) is 6.61 Å². The summed E-state index contributed by atoms with van der Waals surface area (Å²) in [6, 6.07) is 9.68. The molecule has 0 amide bonds. The van der Waals surface area contributed by atoms with Gasteiger partial charge in [0.1, 0.15) is 23.9 Å². The van der Waals surface area contributed by atoms with Gasteiger partial charge in [-0.2, -0.15) is 0 Å². The molecule has 2 rings (SSSR count). The molecule has 0 spiro atoms. The highest BCUT2D eigenvalue weighted by molar-refractivity contribution is 9.10. The van der Waals surface area contributed by atoms with Gasteiger partial charge in [-0.05, 0) is 30.3 Å². The van der Waals surface area contributed by atoms with Crippen molar-refractivity contribution in [3.05, 3.63) is 52.3 Å². The van der Waals surface area contributed by atoms with Crippen molar-refractivity contribution in [2.24, 2.45) is 0 Å². The Bertz CT molecular complexity index is 569. The van der Waals surface area contributed by atoms with E-state index < -0.39 is 0 Å². The van der Waals surface area contributed by atoms with Crippen LogP contribution < -0.4 is 15.2 Å². The van der Waals surface area contributed by atoms with E-state index in [9.17, 15) is 4.39 Å². The Labute approximate surface area is 119 Å². The molecule has 2 aromatic rings. The summed E-state index contributed by atoms with van der Waals surface area (Å²) in [5.41, 5.74) is 7.15. The molecule has 2 aromatic carbocycles. The quantitative estimate of drug-likeness (QED) is 0.870. The highest BCUT2D eigenvalue weighted by Crippen LogP contribution is 2.25. The molecule has 0 aromatic heterocycles. The Morgan fingerprint density at radius 1 is 1.21 bits per heavy atom. The maximum atomic E-state index is 13.2. The number of hydrogen-bond donors (Lipinski definition) is 1. The van der Waals surface area contributed by atoms with Crippen LogP contribution >= 0.6 is 15.9 Å². The van der Waals surface area contributed by atoms with Crippen molar-refractivity contribution in [1.29, 1.82) is 0 Å². The van der Waals surface area contributed by atoms with Gasteiger partial charge in [-0.25, -0.2) is 4.39 Å². The lowest BCUT2D eigenvalue weighted by molar-refractivity contribution is 0.295. The third kappa shape index (κ3) is 3.61. The number of methoxy groups -OCH3 is 1. The fraction of sp³-hybridized carbons (Fsp3) is 0.143. The molecule has 2 N–H and O–H groups in total. The number of halogens is 2. The molecular weight excluding hydrogens is 313 g/mol. The number of hydrogen-bond acceptors (Lipinski definition) is 3. The van der Waals surface area contributed by atoms with Crippen LogP contribution in [0.2, 0.25) is 0 Å². The second kappa shape index (κ2) is 5.93. The third-order valence-corrected chi connectivity index (χ3v) is 2.99. The maximum Gasteiger partial charge on any atom is 0.128 e. The zero-order chi connectivity index (χ0) is 13.8. The molecule has 5 heteroatoms. The standard InChI is InChI=1S/C14H13BrFNO2/c1-18-14-3-2-12(17)4-9(14)8-19-13-6-10(15)5-11(16)7-13/h2-7H,8,17H2,1H3. The topological polar surface area (TPSA) is 44.5 Å². The molecule has 0 atom stereocenters. The molecule has 0 saturated heterocycles. The Hall–Kier alpha value is -1.75. The average Bonchev–Trinajstić information content (AvgIpc) is 2.35. The Kier molecular flexibility index (Phi) is 4.27. The Morgan fingerprint density at radius 2 is 2.00 bits per heavy atom. The minimum Gasteiger partial charge on any atom is -0.496 e. The minimum atomic E-state index is -0.357. The summed E-state index contributed by atoms with van der Waals surface area (Å²) < 4.78 is 24.6. The highest BCUT2D eigenvalue weighted by atomic mass is 79.9. The summed E-state index contributed by atoms with van der Waals surface area (Å²) in [5.74, 6) is 0.768. The van der Waals surface area contributed by atoms with Crippen molar-refractivity contribution in [1.82, 2.24) is 0 Å². The summed E-state index contributed by atoms with van der Waals surface area (Å²) in [6.07, 6.45) is 0. The molecule has 0 saturated carbocycles. The molecule has 0 aliphatic rings. The van der Waals surface area contributed by atoms with Crippen molar-refractivity contribution in [3.63, 3.8) is 0 Å². The normalized spacial score (nSPS) is 10.3. The van der Waals surface area contributed by atoms with Crippen LogP contribution in [0.25, 0.3) is 0 Å². The fourth-order valence-electron chi connectivity index (χ4n) is 1.68. The van der Waals surface area contributed by atoms with E-state index in [0.29, 0.717) is 21.7 Å². The van der Waals surface area contributed by atoms with E-state index >= 15 is 0 Å². The molecule has 0 radical (unpaired) electrons. The monoisotopic (exact) mass is 325 g/mol. The lowest BCUT2D eigenvalue weighted by Gasteiger charge is -2.11. The van der Waals surface area contributed by atoms with E-state index in [1.165, 1.54) is 12.1 Å². The van der Waals surface area contributed by atoms with E-state index in [4.69, 9.17) is 15.2 Å². The van der Waals surface area contributed by atoms with E-state index in [1.54, 1.807) is 31.4 Å². The number of nitrogens with two attached hydrogens (primary N) is 1. The van der Waals surface area contributed by atoms with Gasteiger partial charge in [-0.1, -0.05) is 15.9 Å². The van der Waals surface area contributed by atoms with Crippen LogP contribution in [0.4, 0.5) is 10.1 Å². The molecule has 0 aliphatic heterocycles. The first-order valence-electron chi connectivity index (χ1n) is 5.60. The van der Waals surface area contributed by atoms with Crippen molar-refractivity contribution in [3.8, 4) is 11.5 Å². The molecule has 0 heterocycles. The van der Waals surface area contributed by atoms with Gasteiger partial charge in [-0.15, -0.1) is 0 Å². The maximum absolute atomic E-state index is 13.2. The molecule has 0 bridgehead atoms. The number of rotatable bonds is 4. The summed E-state index contributed by atoms with van der Waals surface area (Å²) in [6.45, 7) is 0.254. The van der Waals surface area contributed by atoms with Gasteiger partial charge in [0, 0.05) is 21.8 Å². The summed E-state index contributed by atoms with van der Waals surface area (Å²) in [4.78, 5) is 0. The van der Waals surface area contributed by atoms with E-state index in [-0.39, 0.29) is 12.4 Å². The van der Waals surface area contributed by atoms with Gasteiger partial charge in [0.15, 0.2) is 0 Å². The predicted molar refractivity (Wildman–Crippen MR) is 75.8 cm³/mol. The number of anilines is 1. The first kappa shape index (κ1) is 13.7. The zero-order valence-electron chi connectivity index (χ0n) is 10.3. The lowest BCUT2D eigenvalue weighted by Crippen LogP contribution is -2.00. The van der Waals surface area contributed by atoms with Gasteiger partial charge in [0.05, 0.1) is 7.11 Å². The minimum absolute atomic E-state index is 0.254. The molecule has 100 valence electrons. The largest absolute Gasteiger partial charge is 0.496 e. The Morgan fingerprint density at radius 3 is 2.68 bits per heavy atom. The van der Waals surface area contributed by atoms with Crippen molar-refractivity contribution < 1.29 is 13.9 Å². The van der Waals surface area contributed by atoms with Crippen LogP contribution in [-0.2, 0) is 6.61 Å². The zero-order valence-corrected chi connectivity index (χ0v) is 11.9. The smallest absolute Gasteiger partial charge is 0.128 e. The van der Waals surface area contributed by atoms with Gasteiger partial charge >= 0.3 is 0 Å². The van der Waals surface area contributed by atoms with Crippen LogP contribution in [0.1, 0.15) is 5.56 Å². The van der Waals surface area contributed by atoms with Gasteiger partial charge < -0.3 is 15.2 Å². The second-order valence-corrected chi connectivity index (χ2v) is 4.88. The van der Waals surface area contributed by atoms with Gasteiger partial charge in [-0.3, -0.25) is 0 Å². The van der Waals surface area contributed by atoms with Crippen molar-refractivity contribution in [2.75, 3.05) is 12.8 Å². The van der Waals surface area contributed by atoms with Crippen molar-refractivity contribution >= 4 is 21.6 Å². The third-order valence-electron chi connectivity index (χ3n) is 2.53. The molecule has 3 nitrogen and oxygen atoms in total. The second-order valence-electron chi connectivity index (χ2n) is 3.97. The number of nitrogen functional groups attached to an aromatic ring is 1. The van der Waals surface area contributed by atoms with E-state index in [2.05, 4.69) is 15.9 Å². The summed E-state index contributed by atoms with van der Waals surface area (Å²) in [7, 11) is 1.58. The van der Waals surface area contributed by atoms with Gasteiger partial charge in [0.25, 0.3) is 0 Å². The molecule has 0 fully saturated rings. The molecular formula is C14H13BrFNO2. The SMILES string of the molecule is COc1ccc(N)cc1COc1cc(F)cc(Br)c1. The average molecular weight is 326 g/mol. The van der Waals surface area contributed by atoms with E-state index in [0.717, 1.165) is 5.56 Å². The highest BCUT2D eigenvalue weighted by Gasteiger charge is 2.06.